The van der Waals surface area contributed by atoms with Crippen molar-refractivity contribution in [2.75, 3.05) is 31.6 Å². The van der Waals surface area contributed by atoms with Crippen LogP contribution < -0.4 is 21.3 Å². The molecule has 0 spiro atoms. The molecule has 2 unspecified atom stereocenters. The van der Waals surface area contributed by atoms with Gasteiger partial charge in [-0.15, -0.1) is 0 Å². The Morgan fingerprint density at radius 3 is 2.33 bits per heavy atom. The maximum Gasteiger partial charge on any atom is 0.412 e. The third-order valence-corrected chi connectivity index (χ3v) is 8.68. The Bertz CT molecular complexity index is 1350. The van der Waals surface area contributed by atoms with Crippen LogP contribution in [0.1, 0.15) is 65.4 Å². The van der Waals surface area contributed by atoms with Gasteiger partial charge in [-0.2, -0.15) is 0 Å². The number of hydrogen-bond acceptors (Lipinski definition) is 9. The van der Waals surface area contributed by atoms with Crippen molar-refractivity contribution in [3.63, 3.8) is 0 Å². The highest BCUT2D eigenvalue weighted by Gasteiger charge is 2.39. The maximum absolute atomic E-state index is 13.0. The second-order valence-corrected chi connectivity index (χ2v) is 13.0. The number of rotatable bonds is 15. The first-order valence-electron chi connectivity index (χ1n) is 16.7. The third-order valence-electron chi connectivity index (χ3n) is 8.68. The van der Waals surface area contributed by atoms with Crippen LogP contribution in [-0.2, 0) is 40.1 Å². The lowest BCUT2D eigenvalue weighted by atomic mass is 10.0. The fourth-order valence-corrected chi connectivity index (χ4v) is 5.88. The minimum Gasteiger partial charge on any atom is -0.444 e. The van der Waals surface area contributed by atoms with E-state index in [2.05, 4.69) is 28.2 Å². The van der Waals surface area contributed by atoms with E-state index in [1.54, 1.807) is 49.9 Å². The summed E-state index contributed by atoms with van der Waals surface area (Å²) < 4.78 is 11.4. The van der Waals surface area contributed by atoms with Gasteiger partial charge in [-0.1, -0.05) is 39.3 Å². The Morgan fingerprint density at radius 2 is 1.69 bits per heavy atom. The van der Waals surface area contributed by atoms with Crippen LogP contribution in [-0.4, -0.2) is 96.0 Å². The van der Waals surface area contributed by atoms with Crippen molar-refractivity contribution < 1.29 is 38.2 Å². The van der Waals surface area contributed by atoms with Crippen LogP contribution in [0.25, 0.3) is 0 Å². The quantitative estimate of drug-likeness (QED) is 0.161. The predicted molar refractivity (Wildman–Crippen MR) is 176 cm³/mol. The van der Waals surface area contributed by atoms with Gasteiger partial charge in [0.05, 0.1) is 19.2 Å². The van der Waals surface area contributed by atoms with Crippen molar-refractivity contribution in [2.24, 2.45) is 11.8 Å². The van der Waals surface area contributed by atoms with Crippen LogP contribution in [0.5, 0.6) is 0 Å². The number of benzene rings is 1. The first kappa shape index (κ1) is 36.5. The van der Waals surface area contributed by atoms with Crippen LogP contribution in [0, 0.1) is 11.8 Å². The molecule has 3 aliphatic heterocycles. The highest BCUT2D eigenvalue weighted by molar-refractivity contribution is 6.12. The van der Waals surface area contributed by atoms with E-state index in [4.69, 9.17) is 9.47 Å². The minimum atomic E-state index is -0.880. The smallest absolute Gasteiger partial charge is 0.412 e. The van der Waals surface area contributed by atoms with Gasteiger partial charge in [-0.05, 0) is 62.3 Å². The first-order valence-corrected chi connectivity index (χ1v) is 16.7. The molecule has 0 aromatic heterocycles. The number of imide groups is 1. The number of amides is 6. The second-order valence-electron chi connectivity index (χ2n) is 13.0. The van der Waals surface area contributed by atoms with E-state index in [1.165, 1.54) is 17.1 Å². The molecular formula is C34H48N6O8. The highest BCUT2D eigenvalue weighted by atomic mass is 16.6. The number of carbonyl (C=O) groups is 6. The summed E-state index contributed by atoms with van der Waals surface area (Å²) in [7, 11) is 0. The summed E-state index contributed by atoms with van der Waals surface area (Å²) >= 11 is 0. The zero-order chi connectivity index (χ0) is 34.8. The summed E-state index contributed by atoms with van der Waals surface area (Å²) in [6.07, 6.45) is 4.60. The van der Waals surface area contributed by atoms with Gasteiger partial charge >= 0.3 is 6.09 Å². The van der Waals surface area contributed by atoms with Crippen LogP contribution >= 0.6 is 0 Å². The number of unbranched alkanes of at least 4 members (excludes halogenated alkanes) is 2. The molecule has 3 aliphatic rings. The summed E-state index contributed by atoms with van der Waals surface area (Å²) in [6.45, 7) is 9.55. The Hall–Kier alpha value is -4.30. The molecule has 1 aromatic rings. The summed E-state index contributed by atoms with van der Waals surface area (Å²) in [5.41, 5.74) is 1.26. The summed E-state index contributed by atoms with van der Waals surface area (Å²) in [4.78, 5) is 77.2. The molecule has 4 N–H and O–H groups in total. The average Bonchev–Trinajstić information content (AvgIpc) is 3.79. The molecule has 14 heteroatoms. The van der Waals surface area contributed by atoms with E-state index in [0.717, 1.165) is 18.5 Å². The van der Waals surface area contributed by atoms with Gasteiger partial charge in [0.2, 0.25) is 17.7 Å². The monoisotopic (exact) mass is 668 g/mol. The van der Waals surface area contributed by atoms with Gasteiger partial charge < -0.3 is 30.7 Å². The molecule has 5 atom stereocenters. The Morgan fingerprint density at radius 1 is 0.979 bits per heavy atom. The van der Waals surface area contributed by atoms with Gasteiger partial charge in [-0.3, -0.25) is 33.8 Å². The summed E-state index contributed by atoms with van der Waals surface area (Å²) in [6, 6.07) is 5.26. The number of nitrogens with one attached hydrogen (secondary N) is 4. The molecule has 3 heterocycles. The Labute approximate surface area is 281 Å². The van der Waals surface area contributed by atoms with Crippen LogP contribution in [0.2, 0.25) is 0 Å². The molecule has 14 nitrogen and oxygen atoms in total. The van der Waals surface area contributed by atoms with Gasteiger partial charge in [0.15, 0.2) is 6.23 Å². The molecule has 1 aromatic carbocycles. The van der Waals surface area contributed by atoms with Crippen LogP contribution in [0.15, 0.2) is 36.4 Å². The zero-order valence-electron chi connectivity index (χ0n) is 28.2. The van der Waals surface area contributed by atoms with Crippen molar-refractivity contribution in [1.82, 2.24) is 25.8 Å². The van der Waals surface area contributed by atoms with Gasteiger partial charge in [0.25, 0.3) is 11.8 Å². The van der Waals surface area contributed by atoms with Crippen molar-refractivity contribution in [2.45, 2.75) is 90.8 Å². The number of nitrogens with zero attached hydrogens (tertiary/aromatic N) is 2. The predicted octanol–water partition coefficient (Wildman–Crippen LogP) is 2.05. The van der Waals surface area contributed by atoms with Crippen LogP contribution in [0.3, 0.4) is 0 Å². The molecule has 262 valence electrons. The summed E-state index contributed by atoms with van der Waals surface area (Å²) in [5, 5.41) is 11.6. The minimum absolute atomic E-state index is 0.0673. The Kier molecular flexibility index (Phi) is 13.1. The van der Waals surface area contributed by atoms with Gasteiger partial charge in [0, 0.05) is 30.8 Å². The van der Waals surface area contributed by atoms with E-state index >= 15 is 0 Å². The molecule has 48 heavy (non-hydrogen) atoms. The standard InChI is InChI=1S/C34H48N6O8/c1-21(2)30(38-27(41)8-6-5-7-15-39-28(42)13-14-29(39)43)32(45)36-23(4)31(44)37-25-11-9-24(10-12-25)20-48-34(46)40-16-17-47-33(40)26-18-22(3)19-35-26/h9-14,21-23,26,30,33,35H,5-8,15-20H2,1-4H3,(H,36,45)(H,37,44)(H,38,41)/t22?,23-,26-,30-,33?/m0/s1. The molecule has 4 rings (SSSR count). The van der Waals surface area contributed by atoms with Crippen LogP contribution in [0.4, 0.5) is 10.5 Å². The topological polar surface area (TPSA) is 175 Å². The SMILES string of the molecule is CC1CN[C@H](C2OCCN2C(=O)OCc2ccc(NC(=O)[C@H](C)NC(=O)[C@@H](NC(=O)CCCCCN3C(=O)C=CC3=O)C(C)C)cc2)C1. The van der Waals surface area contributed by atoms with Crippen molar-refractivity contribution in [3.8, 4) is 0 Å². The van der Waals surface area contributed by atoms with E-state index in [9.17, 15) is 28.8 Å². The molecule has 2 saturated heterocycles. The van der Waals surface area contributed by atoms with E-state index in [0.29, 0.717) is 50.6 Å². The van der Waals surface area contributed by atoms with Crippen molar-refractivity contribution in [3.05, 3.63) is 42.0 Å². The first-order chi connectivity index (χ1) is 22.9. The second kappa shape index (κ2) is 17.2. The number of hydrogen-bond donors (Lipinski definition) is 4. The normalized spacial score (nSPS) is 21.8. The Balaban J connectivity index is 1.16. The van der Waals surface area contributed by atoms with E-state index in [1.807, 2.05) is 0 Å². The molecule has 0 saturated carbocycles. The summed E-state index contributed by atoms with van der Waals surface area (Å²) in [5.74, 6) is -1.55. The highest BCUT2D eigenvalue weighted by Crippen LogP contribution is 2.24. The molecule has 2 fully saturated rings. The molecule has 0 bridgehead atoms. The fraction of sp³-hybridized carbons (Fsp3) is 0.588. The van der Waals surface area contributed by atoms with Crippen molar-refractivity contribution in [1.29, 1.82) is 0 Å². The number of carbonyl (C=O) groups excluding carboxylic acids is 6. The molecule has 0 aliphatic carbocycles. The number of ether oxygens (including phenoxy) is 2. The third kappa shape index (κ3) is 10.1. The fourth-order valence-electron chi connectivity index (χ4n) is 5.88. The van der Waals surface area contributed by atoms with E-state index in [-0.39, 0.29) is 48.9 Å². The molecule has 6 amide bonds. The number of anilines is 1. The lowest BCUT2D eigenvalue weighted by Crippen LogP contribution is -2.53. The van der Waals surface area contributed by atoms with E-state index < -0.39 is 30.0 Å². The zero-order valence-corrected chi connectivity index (χ0v) is 28.2. The van der Waals surface area contributed by atoms with Gasteiger partial charge in [0.1, 0.15) is 18.7 Å². The lowest BCUT2D eigenvalue weighted by molar-refractivity contribution is -0.137. The largest absolute Gasteiger partial charge is 0.444 e. The average molecular weight is 669 g/mol. The van der Waals surface area contributed by atoms with Gasteiger partial charge in [-0.25, -0.2) is 4.79 Å². The molecule has 0 radical (unpaired) electrons. The maximum atomic E-state index is 13.0. The lowest BCUT2D eigenvalue weighted by Gasteiger charge is -2.27. The van der Waals surface area contributed by atoms with Crippen molar-refractivity contribution >= 4 is 41.3 Å². The molecular weight excluding hydrogens is 620 g/mol.